The van der Waals surface area contributed by atoms with Gasteiger partial charge in [0.25, 0.3) is 0 Å². The summed E-state index contributed by atoms with van der Waals surface area (Å²) in [5.74, 6) is -0.412. The van der Waals surface area contributed by atoms with E-state index in [4.69, 9.17) is 23.2 Å². The molecule has 0 saturated carbocycles. The van der Waals surface area contributed by atoms with E-state index >= 15 is 0 Å². The molecule has 0 heterocycles. The lowest BCUT2D eigenvalue weighted by Crippen LogP contribution is -2.14. The topological polar surface area (TPSA) is 24.1 Å². The van der Waals surface area contributed by atoms with E-state index in [0.717, 1.165) is 28.5 Å². The van der Waals surface area contributed by atoms with Crippen molar-refractivity contribution in [1.82, 2.24) is 0 Å². The van der Waals surface area contributed by atoms with Gasteiger partial charge in [-0.25, -0.2) is 4.39 Å². The third kappa shape index (κ3) is 3.78. The molecule has 20 heavy (non-hydrogen) atoms. The molecular weight excluding hydrogens is 298 g/mol. The normalized spacial score (nSPS) is 10.4. The minimum absolute atomic E-state index is 0.119. The second-order valence-electron chi connectivity index (χ2n) is 4.39. The van der Waals surface area contributed by atoms with Crippen molar-refractivity contribution in [3.05, 3.63) is 57.8 Å². The molecule has 5 heteroatoms. The maximum Gasteiger partial charge on any atom is 0.141 e. The molecule has 0 aliphatic heterocycles. The zero-order valence-corrected chi connectivity index (χ0v) is 12.5. The van der Waals surface area contributed by atoms with Crippen LogP contribution in [0, 0.1) is 12.7 Å². The van der Waals surface area contributed by atoms with Crippen LogP contribution in [0.2, 0.25) is 10.0 Å². The van der Waals surface area contributed by atoms with Gasteiger partial charge in [0.05, 0.1) is 5.02 Å². The Morgan fingerprint density at radius 1 is 1.00 bits per heavy atom. The molecule has 0 unspecified atom stereocenters. The third-order valence-electron chi connectivity index (χ3n) is 2.96. The van der Waals surface area contributed by atoms with Gasteiger partial charge in [0, 0.05) is 29.5 Å². The van der Waals surface area contributed by atoms with Crippen LogP contribution in [0.3, 0.4) is 0 Å². The average molecular weight is 313 g/mol. The number of hydrogen-bond acceptors (Lipinski definition) is 2. The van der Waals surface area contributed by atoms with Crippen LogP contribution in [0.15, 0.2) is 36.4 Å². The van der Waals surface area contributed by atoms with Crippen LogP contribution in [0.4, 0.5) is 15.8 Å². The zero-order valence-electron chi connectivity index (χ0n) is 11.0. The Bertz CT molecular complexity index is 602. The standard InChI is InChI=1S/C15H15Cl2FN2/c1-10-12(16)3-2-4-15(10)20-8-7-19-11-5-6-14(18)13(17)9-11/h2-6,9,19-20H,7-8H2,1H3. The molecular formula is C15H15Cl2FN2. The molecule has 0 bridgehead atoms. The van der Waals surface area contributed by atoms with Crippen LogP contribution in [0.1, 0.15) is 5.56 Å². The molecule has 0 radical (unpaired) electrons. The van der Waals surface area contributed by atoms with E-state index in [2.05, 4.69) is 10.6 Å². The Balaban J connectivity index is 1.84. The first-order valence-electron chi connectivity index (χ1n) is 6.26. The number of nitrogens with one attached hydrogen (secondary N) is 2. The van der Waals surface area contributed by atoms with Crippen molar-refractivity contribution in [2.24, 2.45) is 0 Å². The van der Waals surface area contributed by atoms with E-state index in [0.29, 0.717) is 6.54 Å². The molecule has 2 rings (SSSR count). The van der Waals surface area contributed by atoms with Crippen molar-refractivity contribution < 1.29 is 4.39 Å². The van der Waals surface area contributed by atoms with E-state index in [-0.39, 0.29) is 5.02 Å². The summed E-state index contributed by atoms with van der Waals surface area (Å²) < 4.78 is 13.0. The molecule has 2 aromatic rings. The largest absolute Gasteiger partial charge is 0.383 e. The number of rotatable bonds is 5. The van der Waals surface area contributed by atoms with Gasteiger partial charge < -0.3 is 10.6 Å². The number of hydrogen-bond donors (Lipinski definition) is 2. The number of benzene rings is 2. The SMILES string of the molecule is Cc1c(Cl)cccc1NCCNc1ccc(F)c(Cl)c1. The van der Waals surface area contributed by atoms with Gasteiger partial charge in [-0.3, -0.25) is 0 Å². The first kappa shape index (κ1) is 14.9. The Kier molecular flexibility index (Phi) is 5.10. The Morgan fingerprint density at radius 3 is 2.50 bits per heavy atom. The fraction of sp³-hybridized carbons (Fsp3) is 0.200. The van der Waals surface area contributed by atoms with Crippen LogP contribution in [0.25, 0.3) is 0 Å². The lowest BCUT2D eigenvalue weighted by Gasteiger charge is -2.12. The summed E-state index contributed by atoms with van der Waals surface area (Å²) in [7, 11) is 0. The predicted molar refractivity (Wildman–Crippen MR) is 84.6 cm³/mol. The smallest absolute Gasteiger partial charge is 0.141 e. The molecule has 0 aliphatic rings. The zero-order chi connectivity index (χ0) is 14.5. The van der Waals surface area contributed by atoms with Crippen LogP contribution in [-0.4, -0.2) is 13.1 Å². The Labute approximate surface area is 127 Å². The van der Waals surface area contributed by atoms with E-state index < -0.39 is 5.82 Å². The molecule has 0 aromatic heterocycles. The van der Waals surface area contributed by atoms with Gasteiger partial charge in [-0.1, -0.05) is 29.3 Å². The highest BCUT2D eigenvalue weighted by atomic mass is 35.5. The van der Waals surface area contributed by atoms with Crippen LogP contribution in [0.5, 0.6) is 0 Å². The van der Waals surface area contributed by atoms with E-state index in [1.165, 1.54) is 6.07 Å². The van der Waals surface area contributed by atoms with Crippen molar-refractivity contribution in [2.45, 2.75) is 6.92 Å². The summed E-state index contributed by atoms with van der Waals surface area (Å²) in [4.78, 5) is 0. The maximum absolute atomic E-state index is 13.0. The second kappa shape index (κ2) is 6.82. The number of anilines is 2. The molecule has 0 saturated heterocycles. The Hall–Kier alpha value is -1.45. The summed E-state index contributed by atoms with van der Waals surface area (Å²) in [6.45, 7) is 3.38. The summed E-state index contributed by atoms with van der Waals surface area (Å²) >= 11 is 11.8. The highest BCUT2D eigenvalue weighted by Gasteiger charge is 2.02. The Morgan fingerprint density at radius 2 is 1.75 bits per heavy atom. The molecule has 106 valence electrons. The molecule has 0 amide bonds. The lowest BCUT2D eigenvalue weighted by atomic mass is 10.2. The average Bonchev–Trinajstić information content (AvgIpc) is 2.43. The predicted octanol–water partition coefficient (Wildman–Crippen LogP) is 4.96. The summed E-state index contributed by atoms with van der Waals surface area (Å²) in [6.07, 6.45) is 0. The molecule has 0 spiro atoms. The molecule has 0 aliphatic carbocycles. The molecule has 0 fully saturated rings. The molecule has 2 aromatic carbocycles. The quantitative estimate of drug-likeness (QED) is 0.762. The summed E-state index contributed by atoms with van der Waals surface area (Å²) in [6, 6.07) is 10.3. The van der Waals surface area contributed by atoms with E-state index in [1.807, 2.05) is 25.1 Å². The van der Waals surface area contributed by atoms with Gasteiger partial charge in [-0.05, 0) is 42.8 Å². The third-order valence-corrected chi connectivity index (χ3v) is 3.66. The van der Waals surface area contributed by atoms with E-state index in [1.54, 1.807) is 12.1 Å². The van der Waals surface area contributed by atoms with Gasteiger partial charge in [0.1, 0.15) is 5.82 Å². The van der Waals surface area contributed by atoms with Gasteiger partial charge in [0.15, 0.2) is 0 Å². The molecule has 0 atom stereocenters. The highest BCUT2D eigenvalue weighted by molar-refractivity contribution is 6.31. The van der Waals surface area contributed by atoms with Crippen LogP contribution < -0.4 is 10.6 Å². The highest BCUT2D eigenvalue weighted by Crippen LogP contribution is 2.23. The van der Waals surface area contributed by atoms with Gasteiger partial charge in [0.2, 0.25) is 0 Å². The van der Waals surface area contributed by atoms with Crippen molar-refractivity contribution in [1.29, 1.82) is 0 Å². The molecule has 2 N–H and O–H groups in total. The van der Waals surface area contributed by atoms with Crippen LogP contribution >= 0.6 is 23.2 Å². The van der Waals surface area contributed by atoms with Crippen molar-refractivity contribution in [3.8, 4) is 0 Å². The van der Waals surface area contributed by atoms with Crippen molar-refractivity contribution in [2.75, 3.05) is 23.7 Å². The van der Waals surface area contributed by atoms with Crippen molar-refractivity contribution >= 4 is 34.6 Å². The van der Waals surface area contributed by atoms with Gasteiger partial charge in [-0.2, -0.15) is 0 Å². The second-order valence-corrected chi connectivity index (χ2v) is 5.21. The minimum atomic E-state index is -0.412. The minimum Gasteiger partial charge on any atom is -0.383 e. The fourth-order valence-electron chi connectivity index (χ4n) is 1.81. The fourth-order valence-corrected chi connectivity index (χ4v) is 2.16. The van der Waals surface area contributed by atoms with E-state index in [9.17, 15) is 4.39 Å². The summed E-state index contributed by atoms with van der Waals surface area (Å²) in [5, 5.41) is 7.33. The monoisotopic (exact) mass is 312 g/mol. The first-order chi connectivity index (χ1) is 9.58. The number of halogens is 3. The van der Waals surface area contributed by atoms with Crippen LogP contribution in [-0.2, 0) is 0 Å². The molecule has 2 nitrogen and oxygen atoms in total. The van der Waals surface area contributed by atoms with Gasteiger partial charge >= 0.3 is 0 Å². The first-order valence-corrected chi connectivity index (χ1v) is 7.01. The van der Waals surface area contributed by atoms with Crippen molar-refractivity contribution in [3.63, 3.8) is 0 Å². The maximum atomic E-state index is 13.0. The van der Waals surface area contributed by atoms with Gasteiger partial charge in [-0.15, -0.1) is 0 Å². The lowest BCUT2D eigenvalue weighted by molar-refractivity contribution is 0.628. The summed E-state index contributed by atoms with van der Waals surface area (Å²) in [5.41, 5.74) is 2.83.